The van der Waals surface area contributed by atoms with Crippen molar-refractivity contribution < 1.29 is 14.3 Å². The largest absolute Gasteiger partial charge is 0.481 e. The molecule has 1 fully saturated rings. The summed E-state index contributed by atoms with van der Waals surface area (Å²) in [5.74, 6) is -0.792. The van der Waals surface area contributed by atoms with Gasteiger partial charge in [0.05, 0.1) is 21.2 Å². The number of hydrogen-bond acceptors (Lipinski definition) is 4. The first-order valence-electron chi connectivity index (χ1n) is 8.02. The lowest BCUT2D eigenvalue weighted by atomic mass is 9.90. The van der Waals surface area contributed by atoms with Crippen molar-refractivity contribution in [3.8, 4) is 0 Å². The molecule has 3 aromatic rings. The molecule has 0 amide bonds. The van der Waals surface area contributed by atoms with Crippen molar-refractivity contribution in [1.29, 1.82) is 0 Å². The summed E-state index contributed by atoms with van der Waals surface area (Å²) in [5, 5.41) is 10.7. The molecule has 5 nitrogen and oxygen atoms in total. The Kier molecular flexibility index (Phi) is 3.51. The summed E-state index contributed by atoms with van der Waals surface area (Å²) in [4.78, 5) is 26.1. The Morgan fingerprint density at radius 3 is 2.80 bits per heavy atom. The molecule has 1 aliphatic heterocycles. The van der Waals surface area contributed by atoms with Gasteiger partial charge in [0.1, 0.15) is 5.58 Å². The van der Waals surface area contributed by atoms with Gasteiger partial charge in [-0.2, -0.15) is 0 Å². The average Bonchev–Trinajstić information content (AvgIpc) is 3.00. The quantitative estimate of drug-likeness (QED) is 0.704. The lowest BCUT2D eigenvalue weighted by Crippen LogP contribution is -2.31. The lowest BCUT2D eigenvalue weighted by molar-refractivity contribution is -0.146. The van der Waals surface area contributed by atoms with Crippen LogP contribution in [0.2, 0.25) is 5.02 Å². The van der Waals surface area contributed by atoms with E-state index in [1.807, 2.05) is 11.0 Å². The number of rotatable bonds is 2. The molecule has 0 saturated carbocycles. The van der Waals surface area contributed by atoms with Gasteiger partial charge < -0.3 is 14.4 Å². The van der Waals surface area contributed by atoms with E-state index in [-0.39, 0.29) is 5.43 Å². The van der Waals surface area contributed by atoms with Gasteiger partial charge in [0.25, 0.3) is 0 Å². The highest BCUT2D eigenvalue weighted by molar-refractivity contribution is 6.34. The maximum atomic E-state index is 12.7. The van der Waals surface area contributed by atoms with E-state index < -0.39 is 11.4 Å². The lowest BCUT2D eigenvalue weighted by Gasteiger charge is -2.22. The van der Waals surface area contributed by atoms with E-state index >= 15 is 0 Å². The molecule has 1 N–H and O–H groups in total. The topological polar surface area (TPSA) is 70.8 Å². The molecule has 0 aliphatic carbocycles. The molecule has 1 atom stereocenters. The van der Waals surface area contributed by atoms with Crippen molar-refractivity contribution in [2.24, 2.45) is 5.41 Å². The standard InChI is InChI=1S/C19H16ClNO4/c1-19(18(23)24)7-8-21(10-19)11-5-6-12-15(9-11)25-17-13(16(12)22)3-2-4-14(17)20/h2-6,9H,7-8,10H2,1H3,(H,23,24). The molecule has 2 aromatic carbocycles. The van der Waals surface area contributed by atoms with Crippen LogP contribution < -0.4 is 10.3 Å². The Bertz CT molecular complexity index is 1070. The number of fused-ring (bicyclic) bond motifs is 2. The molecule has 0 spiro atoms. The van der Waals surface area contributed by atoms with Crippen LogP contribution in [0.3, 0.4) is 0 Å². The number of carbonyl (C=O) groups is 1. The molecular formula is C19H16ClNO4. The molecule has 1 unspecified atom stereocenters. The van der Waals surface area contributed by atoms with Crippen LogP contribution in [-0.2, 0) is 4.79 Å². The molecule has 25 heavy (non-hydrogen) atoms. The van der Waals surface area contributed by atoms with Gasteiger partial charge in [-0.05, 0) is 37.6 Å². The van der Waals surface area contributed by atoms with Crippen molar-refractivity contribution >= 4 is 45.2 Å². The highest BCUT2D eigenvalue weighted by atomic mass is 35.5. The summed E-state index contributed by atoms with van der Waals surface area (Å²) in [6.07, 6.45) is 0.577. The summed E-state index contributed by atoms with van der Waals surface area (Å²) in [7, 11) is 0. The molecule has 4 rings (SSSR count). The van der Waals surface area contributed by atoms with Crippen molar-refractivity contribution in [3.63, 3.8) is 0 Å². The number of aliphatic carboxylic acids is 1. The van der Waals surface area contributed by atoms with Gasteiger partial charge in [0.2, 0.25) is 5.43 Å². The van der Waals surface area contributed by atoms with Crippen molar-refractivity contribution in [1.82, 2.24) is 0 Å². The average molecular weight is 358 g/mol. The number of carboxylic acids is 1. The number of para-hydroxylation sites is 1. The first-order chi connectivity index (χ1) is 11.9. The molecule has 1 aliphatic rings. The van der Waals surface area contributed by atoms with Gasteiger partial charge in [-0.3, -0.25) is 9.59 Å². The minimum absolute atomic E-state index is 0.123. The summed E-state index contributed by atoms with van der Waals surface area (Å²) in [6, 6.07) is 10.4. The monoisotopic (exact) mass is 357 g/mol. The third-order valence-electron chi connectivity index (χ3n) is 4.99. The maximum Gasteiger partial charge on any atom is 0.311 e. The number of nitrogens with zero attached hydrogens (tertiary/aromatic N) is 1. The second kappa shape index (κ2) is 5.49. The minimum Gasteiger partial charge on any atom is -0.481 e. The van der Waals surface area contributed by atoms with Crippen LogP contribution in [0.1, 0.15) is 13.3 Å². The molecule has 6 heteroatoms. The van der Waals surface area contributed by atoms with Crippen LogP contribution in [-0.4, -0.2) is 24.2 Å². The molecule has 2 heterocycles. The van der Waals surface area contributed by atoms with E-state index in [0.29, 0.717) is 46.5 Å². The predicted octanol–water partition coefficient (Wildman–Crippen LogP) is 3.90. The maximum absolute atomic E-state index is 12.7. The molecule has 1 saturated heterocycles. The Hall–Kier alpha value is -2.53. The smallest absolute Gasteiger partial charge is 0.311 e. The zero-order valence-electron chi connectivity index (χ0n) is 13.6. The van der Waals surface area contributed by atoms with Crippen LogP contribution in [0, 0.1) is 5.41 Å². The number of benzene rings is 2. The third kappa shape index (κ3) is 2.46. The second-order valence-electron chi connectivity index (χ2n) is 6.77. The second-order valence-corrected chi connectivity index (χ2v) is 7.17. The van der Waals surface area contributed by atoms with E-state index in [1.54, 1.807) is 37.3 Å². The highest BCUT2D eigenvalue weighted by Gasteiger charge is 2.40. The van der Waals surface area contributed by atoms with Gasteiger partial charge in [-0.15, -0.1) is 0 Å². The fourth-order valence-electron chi connectivity index (χ4n) is 3.38. The molecule has 128 valence electrons. The van der Waals surface area contributed by atoms with Gasteiger partial charge in [0.15, 0.2) is 5.58 Å². The normalized spacial score (nSPS) is 20.5. The number of anilines is 1. The first kappa shape index (κ1) is 16.0. The van der Waals surface area contributed by atoms with E-state index in [0.717, 1.165) is 5.69 Å². The van der Waals surface area contributed by atoms with E-state index in [1.165, 1.54) is 0 Å². The number of hydrogen-bond donors (Lipinski definition) is 1. The third-order valence-corrected chi connectivity index (χ3v) is 5.29. The molecule has 0 bridgehead atoms. The van der Waals surface area contributed by atoms with Crippen molar-refractivity contribution in [3.05, 3.63) is 51.6 Å². The van der Waals surface area contributed by atoms with Crippen LogP contribution in [0.4, 0.5) is 5.69 Å². The number of halogens is 1. The van der Waals surface area contributed by atoms with Crippen molar-refractivity contribution in [2.75, 3.05) is 18.0 Å². The number of carboxylic acid groups (broad SMARTS) is 1. The van der Waals surface area contributed by atoms with E-state index in [9.17, 15) is 14.7 Å². The molecule has 1 aromatic heterocycles. The fraction of sp³-hybridized carbons (Fsp3) is 0.263. The summed E-state index contributed by atoms with van der Waals surface area (Å²) in [6.45, 7) is 2.82. The van der Waals surface area contributed by atoms with E-state index in [2.05, 4.69) is 0 Å². The van der Waals surface area contributed by atoms with Crippen LogP contribution in [0.5, 0.6) is 0 Å². The Morgan fingerprint density at radius 2 is 2.08 bits per heavy atom. The van der Waals surface area contributed by atoms with Gasteiger partial charge in [-0.1, -0.05) is 17.7 Å². The van der Waals surface area contributed by atoms with Gasteiger partial charge in [0, 0.05) is 24.8 Å². The minimum atomic E-state index is -0.792. The summed E-state index contributed by atoms with van der Waals surface area (Å²) < 4.78 is 5.88. The Morgan fingerprint density at radius 1 is 1.28 bits per heavy atom. The van der Waals surface area contributed by atoms with Crippen molar-refractivity contribution in [2.45, 2.75) is 13.3 Å². The summed E-state index contributed by atoms with van der Waals surface area (Å²) >= 11 is 6.16. The molecule has 0 radical (unpaired) electrons. The fourth-order valence-corrected chi connectivity index (χ4v) is 3.60. The van der Waals surface area contributed by atoms with Crippen LogP contribution in [0.15, 0.2) is 45.6 Å². The predicted molar refractivity (Wildman–Crippen MR) is 97.6 cm³/mol. The van der Waals surface area contributed by atoms with Crippen LogP contribution in [0.25, 0.3) is 21.9 Å². The molecular weight excluding hydrogens is 342 g/mol. The SMILES string of the molecule is CC1(C(=O)O)CCN(c2ccc3c(=O)c4cccc(Cl)c4oc3c2)C1. The van der Waals surface area contributed by atoms with Crippen LogP contribution >= 0.6 is 11.6 Å². The Balaban J connectivity index is 1.84. The van der Waals surface area contributed by atoms with Gasteiger partial charge in [-0.25, -0.2) is 0 Å². The van der Waals surface area contributed by atoms with Gasteiger partial charge >= 0.3 is 5.97 Å². The highest BCUT2D eigenvalue weighted by Crippen LogP contribution is 2.35. The van der Waals surface area contributed by atoms with E-state index in [4.69, 9.17) is 16.0 Å². The first-order valence-corrected chi connectivity index (χ1v) is 8.40. The zero-order valence-corrected chi connectivity index (χ0v) is 14.3. The Labute approximate surface area is 148 Å². The summed E-state index contributed by atoms with van der Waals surface area (Å²) in [5.41, 5.74) is 0.777. The zero-order chi connectivity index (χ0) is 17.8.